The number of nitrogens with zero attached hydrogens (tertiary/aromatic N) is 1. The first-order chi connectivity index (χ1) is 29.3. The quantitative estimate of drug-likeness (QED) is 0.148. The summed E-state index contributed by atoms with van der Waals surface area (Å²) in [5, 5.41) is 10.8. The minimum atomic E-state index is 0.412. The molecular weight excluding hydrogens is 727 g/mol. The number of hydrogen-bond acceptors (Lipinski definition) is 2. The average Bonchev–Trinajstić information content (AvgIpc) is 3.63. The number of rotatable bonds is 8. The van der Waals surface area contributed by atoms with Crippen molar-refractivity contribution >= 4 is 33.2 Å². The van der Waals surface area contributed by atoms with E-state index in [1.165, 1.54) is 66.4 Å². The van der Waals surface area contributed by atoms with Crippen molar-refractivity contribution in [3.8, 4) is 27.9 Å². The predicted molar refractivity (Wildman–Crippen MR) is 258 cm³/mol. The van der Waals surface area contributed by atoms with Crippen LogP contribution < -0.4 is 5.73 Å². The number of nitrogens with one attached hydrogen (secondary N) is 1. The molecule has 0 saturated heterocycles. The van der Waals surface area contributed by atoms with Gasteiger partial charge in [0.15, 0.2) is 0 Å². The average molecular weight is 780 g/mol. The molecule has 0 aliphatic heterocycles. The van der Waals surface area contributed by atoms with E-state index in [-0.39, 0.29) is 0 Å². The van der Waals surface area contributed by atoms with Crippen LogP contribution in [0.4, 0.5) is 0 Å². The standard InChI is InChI=1S/C29H27N.C21H18N2.C7H8/c1-4-9-22-10-5-6-11-25(22)24-18-19-28-29(21(24)3)26-12-7-8-13-27(26)30(28)23-16-14-20(2)15-17-23;22-20(18-9-5-2-6-10-18)15-21(23)19-13-11-17(12-14-19)16-7-3-1-4-8-16;1-7-5-3-2-4-6-7/h5-8,10-19H,4,9H2,1-3H3;1-15,22H,23H2;2-6H,1H3/b;21-15-,22-20?;. The lowest BCUT2D eigenvalue weighted by Crippen LogP contribution is -2.02. The Kier molecular flexibility index (Phi) is 13.3. The van der Waals surface area contributed by atoms with Crippen molar-refractivity contribution in [2.45, 2.75) is 40.5 Å². The molecule has 0 amide bonds. The summed E-state index contributed by atoms with van der Waals surface area (Å²) in [5.41, 5.74) is 23.1. The lowest BCUT2D eigenvalue weighted by atomic mass is 9.92. The molecular formula is C57H53N3. The third-order valence-electron chi connectivity index (χ3n) is 10.9. The summed E-state index contributed by atoms with van der Waals surface area (Å²) in [5.74, 6) is 0. The highest BCUT2D eigenvalue weighted by molar-refractivity contribution is 6.12. The number of hydrogen-bond donors (Lipinski definition) is 2. The Bertz CT molecular complexity index is 2830. The molecule has 0 atom stereocenters. The predicted octanol–water partition coefficient (Wildman–Crippen LogP) is 14.7. The van der Waals surface area contributed by atoms with Gasteiger partial charge in [-0.2, -0.15) is 0 Å². The van der Waals surface area contributed by atoms with Crippen molar-refractivity contribution in [3.05, 3.63) is 240 Å². The summed E-state index contributed by atoms with van der Waals surface area (Å²) >= 11 is 0. The fourth-order valence-electron chi connectivity index (χ4n) is 7.73. The number of para-hydroxylation sites is 1. The maximum atomic E-state index is 8.13. The maximum absolute atomic E-state index is 8.13. The molecule has 0 radical (unpaired) electrons. The molecule has 0 aliphatic carbocycles. The third kappa shape index (κ3) is 9.55. The van der Waals surface area contributed by atoms with E-state index in [1.54, 1.807) is 6.08 Å². The Labute approximate surface area is 355 Å². The van der Waals surface area contributed by atoms with Crippen LogP contribution in [0.1, 0.15) is 46.7 Å². The molecule has 1 aromatic heterocycles. The van der Waals surface area contributed by atoms with Crippen molar-refractivity contribution < 1.29 is 0 Å². The molecule has 60 heavy (non-hydrogen) atoms. The Hall–Kier alpha value is -7.23. The van der Waals surface area contributed by atoms with Gasteiger partial charge in [0.1, 0.15) is 0 Å². The molecule has 1 heterocycles. The van der Waals surface area contributed by atoms with Gasteiger partial charge in [0, 0.05) is 22.2 Å². The zero-order valence-electron chi connectivity index (χ0n) is 35.1. The smallest absolute Gasteiger partial charge is 0.0632 e. The van der Waals surface area contributed by atoms with Crippen LogP contribution in [0.15, 0.2) is 206 Å². The largest absolute Gasteiger partial charge is 0.398 e. The minimum absolute atomic E-state index is 0.412. The highest BCUT2D eigenvalue weighted by Crippen LogP contribution is 2.39. The molecule has 296 valence electrons. The van der Waals surface area contributed by atoms with Crippen molar-refractivity contribution in [1.82, 2.24) is 4.57 Å². The lowest BCUT2D eigenvalue weighted by Gasteiger charge is -2.14. The number of fused-ring (bicyclic) bond motifs is 3. The van der Waals surface area contributed by atoms with Crippen molar-refractivity contribution in [2.24, 2.45) is 5.73 Å². The van der Waals surface area contributed by atoms with Gasteiger partial charge in [0.2, 0.25) is 0 Å². The Morgan fingerprint density at radius 1 is 0.517 bits per heavy atom. The van der Waals surface area contributed by atoms with Crippen LogP contribution in [-0.4, -0.2) is 10.3 Å². The normalized spacial score (nSPS) is 11.0. The van der Waals surface area contributed by atoms with E-state index in [2.05, 4.69) is 154 Å². The molecule has 3 nitrogen and oxygen atoms in total. The first kappa shape index (κ1) is 40.9. The fraction of sp³-hybridized carbons (Fsp3) is 0.105. The first-order valence-electron chi connectivity index (χ1n) is 20.8. The van der Waals surface area contributed by atoms with Gasteiger partial charge in [0.05, 0.1) is 16.7 Å². The monoisotopic (exact) mass is 779 g/mol. The summed E-state index contributed by atoms with van der Waals surface area (Å²) in [6.07, 6.45) is 3.97. The number of nitrogens with two attached hydrogens (primary N) is 1. The molecule has 0 saturated carbocycles. The topological polar surface area (TPSA) is 54.8 Å². The SMILES string of the molecule is CCCc1ccccc1-c1ccc2c(c1C)c1ccccc1n2-c1ccc(C)cc1.Cc1ccccc1.N=C(/C=C(\N)c1ccc(-c2ccccc2)cc1)c1ccccc1. The number of aryl methyl sites for hydroxylation is 4. The van der Waals surface area contributed by atoms with Crippen molar-refractivity contribution in [1.29, 1.82) is 5.41 Å². The molecule has 0 aliphatic rings. The van der Waals surface area contributed by atoms with Crippen LogP contribution in [0.5, 0.6) is 0 Å². The van der Waals surface area contributed by atoms with Crippen LogP contribution in [0.2, 0.25) is 0 Å². The lowest BCUT2D eigenvalue weighted by molar-refractivity contribution is 0.923. The summed E-state index contributed by atoms with van der Waals surface area (Å²) in [6, 6.07) is 69.3. The summed E-state index contributed by atoms with van der Waals surface area (Å²) in [7, 11) is 0. The number of benzene rings is 8. The second-order valence-electron chi connectivity index (χ2n) is 15.2. The maximum Gasteiger partial charge on any atom is 0.0632 e. The molecule has 3 N–H and O–H groups in total. The van der Waals surface area contributed by atoms with Gasteiger partial charge in [-0.15, -0.1) is 0 Å². The van der Waals surface area contributed by atoms with Gasteiger partial charge in [-0.25, -0.2) is 0 Å². The van der Waals surface area contributed by atoms with Crippen LogP contribution in [0, 0.1) is 26.2 Å². The van der Waals surface area contributed by atoms with Gasteiger partial charge < -0.3 is 15.7 Å². The molecule has 3 heteroatoms. The summed E-state index contributed by atoms with van der Waals surface area (Å²) in [4.78, 5) is 0. The van der Waals surface area contributed by atoms with E-state index in [0.717, 1.165) is 29.5 Å². The number of aromatic nitrogens is 1. The van der Waals surface area contributed by atoms with Gasteiger partial charge in [0.25, 0.3) is 0 Å². The Morgan fingerprint density at radius 2 is 1.08 bits per heavy atom. The zero-order chi connectivity index (χ0) is 41.8. The van der Waals surface area contributed by atoms with E-state index in [1.807, 2.05) is 78.9 Å². The van der Waals surface area contributed by atoms with Gasteiger partial charge in [-0.1, -0.05) is 200 Å². The van der Waals surface area contributed by atoms with Gasteiger partial charge in [-0.3, -0.25) is 0 Å². The molecule has 0 bridgehead atoms. The Balaban J connectivity index is 0.000000160. The molecule has 0 spiro atoms. The van der Waals surface area contributed by atoms with Gasteiger partial charge in [-0.05, 0) is 102 Å². The van der Waals surface area contributed by atoms with E-state index < -0.39 is 0 Å². The van der Waals surface area contributed by atoms with E-state index in [4.69, 9.17) is 11.1 Å². The molecule has 0 unspecified atom stereocenters. The second-order valence-corrected chi connectivity index (χ2v) is 15.2. The van der Waals surface area contributed by atoms with Crippen molar-refractivity contribution in [3.63, 3.8) is 0 Å². The summed E-state index contributed by atoms with van der Waals surface area (Å²) in [6.45, 7) is 8.76. The molecule has 0 fully saturated rings. The van der Waals surface area contributed by atoms with Crippen molar-refractivity contribution in [2.75, 3.05) is 0 Å². The van der Waals surface area contributed by atoms with Gasteiger partial charge >= 0.3 is 0 Å². The Morgan fingerprint density at radius 3 is 1.73 bits per heavy atom. The first-order valence-corrected chi connectivity index (χ1v) is 20.8. The summed E-state index contributed by atoms with van der Waals surface area (Å²) < 4.78 is 2.40. The van der Waals surface area contributed by atoms with E-state index >= 15 is 0 Å². The molecule has 9 rings (SSSR count). The highest BCUT2D eigenvalue weighted by atomic mass is 15.0. The van der Waals surface area contributed by atoms with E-state index in [0.29, 0.717) is 11.4 Å². The zero-order valence-corrected chi connectivity index (χ0v) is 35.1. The van der Waals surface area contributed by atoms with E-state index in [9.17, 15) is 0 Å². The van der Waals surface area contributed by atoms with Crippen LogP contribution in [-0.2, 0) is 6.42 Å². The number of allylic oxidation sites excluding steroid dienone is 1. The highest BCUT2D eigenvalue weighted by Gasteiger charge is 2.17. The van der Waals surface area contributed by atoms with Crippen LogP contribution in [0.25, 0.3) is 55.4 Å². The fourth-order valence-corrected chi connectivity index (χ4v) is 7.73. The minimum Gasteiger partial charge on any atom is -0.398 e. The molecule has 9 aromatic rings. The van der Waals surface area contributed by atoms with Crippen LogP contribution >= 0.6 is 0 Å². The molecule has 8 aromatic carbocycles. The second kappa shape index (κ2) is 19.5. The van der Waals surface area contributed by atoms with Crippen LogP contribution in [0.3, 0.4) is 0 Å². The third-order valence-corrected chi connectivity index (χ3v) is 10.9.